The molecule has 0 saturated heterocycles. The fraction of sp³-hybridized carbons (Fsp3) is 0.614. The molecule has 0 aliphatic carbocycles. The number of unbranched alkanes of at least 4 members (excludes halogenated alkanes) is 25. The Balaban J connectivity index is 3.93. The summed E-state index contributed by atoms with van der Waals surface area (Å²) in [5.74, 6) is -0.853. The van der Waals surface area contributed by atoms with Crippen LogP contribution >= 0.6 is 7.82 Å². The maximum atomic E-state index is 12.8. The molecule has 0 aromatic carbocycles. The highest BCUT2D eigenvalue weighted by atomic mass is 31.2. The first-order valence-electron chi connectivity index (χ1n) is 37.3. The highest BCUT2D eigenvalue weighted by Gasteiger charge is 2.26. The zero-order valence-electron chi connectivity index (χ0n) is 59.2. The van der Waals surface area contributed by atoms with Gasteiger partial charge < -0.3 is 20.1 Å². The van der Waals surface area contributed by atoms with Crippen LogP contribution in [0.5, 0.6) is 0 Å². The number of carbonyl (C=O) groups excluding carboxylic acids is 2. The predicted molar refractivity (Wildman–Crippen MR) is 403 cm³/mol. The average molecular weight is 1310 g/mol. The minimum atomic E-state index is -4.41. The van der Waals surface area contributed by atoms with E-state index >= 15 is 0 Å². The summed E-state index contributed by atoms with van der Waals surface area (Å²) in [5.41, 5.74) is 5.41. The van der Waals surface area contributed by atoms with E-state index in [1.165, 1.54) is 116 Å². The van der Waals surface area contributed by atoms with E-state index in [-0.39, 0.29) is 38.6 Å². The number of allylic oxidation sites excluding steroid dienone is 30. The smallest absolute Gasteiger partial charge is 0.462 e. The van der Waals surface area contributed by atoms with Crippen molar-refractivity contribution in [2.75, 3.05) is 26.4 Å². The van der Waals surface area contributed by atoms with Gasteiger partial charge in [-0.15, -0.1) is 0 Å². The van der Waals surface area contributed by atoms with E-state index in [9.17, 15) is 19.0 Å². The third kappa shape index (κ3) is 76.0. The van der Waals surface area contributed by atoms with Crippen molar-refractivity contribution in [1.82, 2.24) is 0 Å². The zero-order valence-corrected chi connectivity index (χ0v) is 60.1. The number of hydrogen-bond donors (Lipinski definition) is 2. The van der Waals surface area contributed by atoms with E-state index in [1.807, 2.05) is 0 Å². The van der Waals surface area contributed by atoms with Gasteiger partial charge in [0.15, 0.2) is 6.10 Å². The fourth-order valence-corrected chi connectivity index (χ4v) is 10.6. The van der Waals surface area contributed by atoms with Gasteiger partial charge in [0.25, 0.3) is 0 Å². The molecule has 0 radical (unpaired) electrons. The molecule has 10 heteroatoms. The van der Waals surface area contributed by atoms with Gasteiger partial charge in [0.2, 0.25) is 0 Å². The summed E-state index contributed by atoms with van der Waals surface area (Å²) in [4.78, 5) is 35.4. The number of rotatable bonds is 68. The second kappa shape index (κ2) is 76.1. The Hall–Kier alpha value is -4.89. The van der Waals surface area contributed by atoms with Crippen molar-refractivity contribution in [2.24, 2.45) is 5.73 Å². The Labute approximate surface area is 571 Å². The third-order valence-corrected chi connectivity index (χ3v) is 16.3. The fourth-order valence-electron chi connectivity index (χ4n) is 9.87. The molecule has 2 unspecified atom stereocenters. The van der Waals surface area contributed by atoms with Crippen molar-refractivity contribution >= 4 is 19.8 Å². The number of esters is 2. The van der Waals surface area contributed by atoms with E-state index in [0.29, 0.717) is 6.42 Å². The van der Waals surface area contributed by atoms with E-state index in [4.69, 9.17) is 24.3 Å². The highest BCUT2D eigenvalue weighted by Crippen LogP contribution is 2.43. The standard InChI is InChI=1S/C83H136NO8P/c1-3-5-7-9-11-13-15-17-19-21-23-25-27-29-31-33-35-37-38-39-40-41-42-44-45-47-49-51-53-55-57-59-61-63-65-67-69-71-73-75-82(85)89-79-81(80-91-93(87,88)90-78-77-84)92-83(86)76-74-72-70-68-66-64-62-60-58-56-54-52-50-48-46-43-36-34-32-30-28-26-24-22-20-18-16-14-12-10-8-6-4-2/h5-8,11-14,17-20,23-26,29-32,35-37,43,48,50,54,56,60,62,81H,3-4,9-10,15-16,21-22,27-28,33-34,38-42,44-47,49,51-53,55,57-59,61,63-80,84H2,1-2H3,(H,87,88)/b7-5-,8-6-,13-11-,14-12-,19-17-,20-18-,25-23-,26-24-,31-29-,32-30-,37-35-,43-36-,50-48-,56-54-,62-60-. The average Bonchev–Trinajstić information content (AvgIpc) is 3.32. The van der Waals surface area contributed by atoms with Crippen LogP contribution in [0.3, 0.4) is 0 Å². The second-order valence-electron chi connectivity index (χ2n) is 24.0. The second-order valence-corrected chi connectivity index (χ2v) is 25.5. The van der Waals surface area contributed by atoms with Crippen LogP contribution in [-0.4, -0.2) is 49.3 Å². The van der Waals surface area contributed by atoms with Crippen molar-refractivity contribution < 1.29 is 37.6 Å². The van der Waals surface area contributed by atoms with E-state index in [1.54, 1.807) is 0 Å². The number of nitrogens with two attached hydrogens (primary N) is 1. The molecule has 0 saturated carbocycles. The monoisotopic (exact) mass is 1310 g/mol. The summed E-state index contributed by atoms with van der Waals surface area (Å²) in [6.07, 6.45) is 114. The lowest BCUT2D eigenvalue weighted by Gasteiger charge is -2.19. The summed E-state index contributed by atoms with van der Waals surface area (Å²) in [6.45, 7) is 3.50. The Kier molecular flexibility index (Phi) is 72.1. The summed E-state index contributed by atoms with van der Waals surface area (Å²) in [6, 6.07) is 0. The van der Waals surface area contributed by atoms with Crippen LogP contribution < -0.4 is 5.73 Å². The van der Waals surface area contributed by atoms with Gasteiger partial charge in [-0.2, -0.15) is 0 Å². The molecule has 0 bridgehead atoms. The van der Waals surface area contributed by atoms with Crippen LogP contribution in [-0.2, 0) is 32.7 Å². The Morgan fingerprint density at radius 1 is 0.323 bits per heavy atom. The Bertz CT molecular complexity index is 2180. The molecule has 0 fully saturated rings. The van der Waals surface area contributed by atoms with Gasteiger partial charge in [-0.1, -0.05) is 331 Å². The Morgan fingerprint density at radius 2 is 0.559 bits per heavy atom. The van der Waals surface area contributed by atoms with Crippen LogP contribution in [0.1, 0.15) is 296 Å². The molecular formula is C83H136NO8P. The molecule has 3 N–H and O–H groups in total. The minimum Gasteiger partial charge on any atom is -0.462 e. The first-order chi connectivity index (χ1) is 45.8. The van der Waals surface area contributed by atoms with Gasteiger partial charge in [0.1, 0.15) is 6.61 Å². The molecule has 0 aliphatic rings. The molecule has 0 aromatic heterocycles. The molecule has 526 valence electrons. The van der Waals surface area contributed by atoms with Crippen molar-refractivity contribution in [3.05, 3.63) is 182 Å². The third-order valence-electron chi connectivity index (χ3n) is 15.3. The largest absolute Gasteiger partial charge is 0.472 e. The number of phosphoric ester groups is 1. The van der Waals surface area contributed by atoms with Crippen molar-refractivity contribution in [1.29, 1.82) is 0 Å². The molecular weight excluding hydrogens is 1170 g/mol. The van der Waals surface area contributed by atoms with Gasteiger partial charge in [0, 0.05) is 19.4 Å². The minimum absolute atomic E-state index is 0.0422. The maximum Gasteiger partial charge on any atom is 0.472 e. The SMILES string of the molecule is CC/C=C\C/C=C\C/C=C\C/C=C\C/C=C\C/C=C\C/C=C\C/C=C\C/C=C\CCCCCCCC(=O)OC(COC(=O)CCCCCCCCCCCCCCCCCCCCCC/C=C\C/C=C\C/C=C\C/C=C\C/C=C\C/C=C\CC)COP(=O)(O)OCCN. The van der Waals surface area contributed by atoms with Crippen molar-refractivity contribution in [3.8, 4) is 0 Å². The topological polar surface area (TPSA) is 134 Å². The van der Waals surface area contributed by atoms with E-state index in [0.717, 1.165) is 148 Å². The van der Waals surface area contributed by atoms with Crippen molar-refractivity contribution in [2.45, 2.75) is 302 Å². The number of phosphoric acid groups is 1. The summed E-state index contributed by atoms with van der Waals surface area (Å²) < 4.78 is 33.2. The van der Waals surface area contributed by atoms with Gasteiger partial charge >= 0.3 is 19.8 Å². The highest BCUT2D eigenvalue weighted by molar-refractivity contribution is 7.47. The molecule has 0 aromatic rings. The van der Waals surface area contributed by atoms with Crippen molar-refractivity contribution in [3.63, 3.8) is 0 Å². The first kappa shape index (κ1) is 88.1. The van der Waals surface area contributed by atoms with Crippen LogP contribution in [0.4, 0.5) is 0 Å². The summed E-state index contributed by atoms with van der Waals surface area (Å²) >= 11 is 0. The van der Waals surface area contributed by atoms with Gasteiger partial charge in [0.05, 0.1) is 13.2 Å². The molecule has 0 rings (SSSR count). The molecule has 0 aliphatic heterocycles. The van der Waals surface area contributed by atoms with Crippen LogP contribution in [0.2, 0.25) is 0 Å². The first-order valence-corrected chi connectivity index (χ1v) is 38.8. The lowest BCUT2D eigenvalue weighted by Crippen LogP contribution is -2.29. The van der Waals surface area contributed by atoms with Crippen LogP contribution in [0.15, 0.2) is 182 Å². The van der Waals surface area contributed by atoms with Gasteiger partial charge in [-0.3, -0.25) is 18.6 Å². The summed E-state index contributed by atoms with van der Waals surface area (Å²) in [7, 11) is -4.41. The molecule has 0 spiro atoms. The molecule has 2 atom stereocenters. The quantitative estimate of drug-likeness (QED) is 0.0264. The lowest BCUT2D eigenvalue weighted by atomic mass is 10.0. The van der Waals surface area contributed by atoms with E-state index in [2.05, 4.69) is 196 Å². The lowest BCUT2D eigenvalue weighted by molar-refractivity contribution is -0.161. The van der Waals surface area contributed by atoms with E-state index < -0.39 is 26.5 Å². The summed E-state index contributed by atoms with van der Waals surface area (Å²) in [5, 5.41) is 0. The van der Waals surface area contributed by atoms with Crippen LogP contribution in [0, 0.1) is 0 Å². The van der Waals surface area contributed by atoms with Crippen LogP contribution in [0.25, 0.3) is 0 Å². The number of hydrogen-bond acceptors (Lipinski definition) is 8. The molecule has 0 heterocycles. The molecule has 93 heavy (non-hydrogen) atoms. The normalized spacial score (nSPS) is 14.0. The Morgan fingerprint density at radius 3 is 0.828 bits per heavy atom. The number of ether oxygens (including phenoxy) is 2. The molecule has 9 nitrogen and oxygen atoms in total. The van der Waals surface area contributed by atoms with Gasteiger partial charge in [-0.05, 0) is 135 Å². The maximum absolute atomic E-state index is 12.8. The predicted octanol–water partition coefficient (Wildman–Crippen LogP) is 25.1. The zero-order chi connectivity index (χ0) is 67.2. The van der Waals surface area contributed by atoms with Gasteiger partial charge in [-0.25, -0.2) is 4.57 Å². The molecule has 0 amide bonds. The number of carbonyl (C=O) groups is 2.